The SMILES string of the molecule is CN(C)c1ccc(-c2noc([C@@H]3CCCN3Cc3cc4ccccc4o3)n2)cn1. The lowest BCUT2D eigenvalue weighted by molar-refractivity contribution is 0.190. The molecule has 0 spiro atoms. The van der Waals surface area contributed by atoms with Crippen molar-refractivity contribution < 1.29 is 8.94 Å². The average molecular weight is 389 g/mol. The van der Waals surface area contributed by atoms with E-state index in [2.05, 4.69) is 32.2 Å². The van der Waals surface area contributed by atoms with Crippen LogP contribution in [0, 0.1) is 0 Å². The maximum Gasteiger partial charge on any atom is 0.244 e. The van der Waals surface area contributed by atoms with Gasteiger partial charge in [0, 0.05) is 31.2 Å². The fourth-order valence-corrected chi connectivity index (χ4v) is 3.88. The zero-order valence-electron chi connectivity index (χ0n) is 16.6. The summed E-state index contributed by atoms with van der Waals surface area (Å²) in [7, 11) is 3.93. The number of rotatable bonds is 5. The van der Waals surface area contributed by atoms with E-state index in [4.69, 9.17) is 8.94 Å². The monoisotopic (exact) mass is 389 g/mol. The summed E-state index contributed by atoms with van der Waals surface area (Å²) >= 11 is 0. The molecule has 0 unspecified atom stereocenters. The Bertz CT molecular complexity index is 1080. The summed E-state index contributed by atoms with van der Waals surface area (Å²) in [6, 6.07) is 14.2. The van der Waals surface area contributed by atoms with Crippen LogP contribution in [-0.4, -0.2) is 40.7 Å². The summed E-state index contributed by atoms with van der Waals surface area (Å²) in [5.74, 6) is 3.09. The van der Waals surface area contributed by atoms with Crippen molar-refractivity contribution in [2.75, 3.05) is 25.5 Å². The average Bonchev–Trinajstić information content (AvgIpc) is 3.47. The highest BCUT2D eigenvalue weighted by Crippen LogP contribution is 2.34. The molecule has 0 saturated carbocycles. The first kappa shape index (κ1) is 17.9. The fourth-order valence-electron chi connectivity index (χ4n) is 3.88. The maximum absolute atomic E-state index is 6.00. The quantitative estimate of drug-likeness (QED) is 0.504. The van der Waals surface area contributed by atoms with Gasteiger partial charge in [0.2, 0.25) is 11.7 Å². The molecule has 1 aromatic carbocycles. The molecule has 29 heavy (non-hydrogen) atoms. The zero-order chi connectivity index (χ0) is 19.8. The minimum absolute atomic E-state index is 0.110. The molecule has 1 atom stereocenters. The molecule has 1 aliphatic rings. The topological polar surface area (TPSA) is 71.4 Å². The van der Waals surface area contributed by atoms with Crippen molar-refractivity contribution in [3.8, 4) is 11.4 Å². The maximum atomic E-state index is 6.00. The summed E-state index contributed by atoms with van der Waals surface area (Å²) in [5, 5.41) is 5.32. The molecule has 148 valence electrons. The minimum atomic E-state index is 0.110. The Hall–Kier alpha value is -3.19. The van der Waals surface area contributed by atoms with Gasteiger partial charge >= 0.3 is 0 Å². The number of anilines is 1. The van der Waals surface area contributed by atoms with Gasteiger partial charge in [0.05, 0.1) is 12.6 Å². The van der Waals surface area contributed by atoms with Crippen LogP contribution in [0.15, 0.2) is 57.6 Å². The van der Waals surface area contributed by atoms with E-state index in [9.17, 15) is 0 Å². The summed E-state index contributed by atoms with van der Waals surface area (Å²) in [4.78, 5) is 13.4. The molecule has 7 nitrogen and oxygen atoms in total. The van der Waals surface area contributed by atoms with Crippen LogP contribution in [0.5, 0.6) is 0 Å². The second kappa shape index (κ2) is 7.33. The number of aromatic nitrogens is 3. The van der Waals surface area contributed by atoms with Crippen LogP contribution in [0.2, 0.25) is 0 Å². The molecule has 4 aromatic rings. The van der Waals surface area contributed by atoms with Gasteiger partial charge in [-0.15, -0.1) is 0 Å². The fraction of sp³-hybridized carbons (Fsp3) is 0.318. The van der Waals surface area contributed by atoms with Crippen molar-refractivity contribution in [2.24, 2.45) is 0 Å². The minimum Gasteiger partial charge on any atom is -0.460 e. The molecule has 1 saturated heterocycles. The Morgan fingerprint density at radius 2 is 2.07 bits per heavy atom. The molecule has 0 aliphatic carbocycles. The summed E-state index contributed by atoms with van der Waals surface area (Å²) < 4.78 is 11.6. The molecule has 0 radical (unpaired) electrons. The van der Waals surface area contributed by atoms with Crippen LogP contribution in [0.3, 0.4) is 0 Å². The third kappa shape index (κ3) is 3.49. The number of likely N-dealkylation sites (tertiary alicyclic amines) is 1. The Morgan fingerprint density at radius 3 is 2.86 bits per heavy atom. The van der Waals surface area contributed by atoms with Gasteiger partial charge in [-0.25, -0.2) is 4.98 Å². The molecule has 1 aliphatic heterocycles. The number of hydrogen-bond acceptors (Lipinski definition) is 7. The van der Waals surface area contributed by atoms with Crippen LogP contribution < -0.4 is 4.90 Å². The Morgan fingerprint density at radius 1 is 1.17 bits per heavy atom. The highest BCUT2D eigenvalue weighted by atomic mass is 16.5. The Kier molecular flexibility index (Phi) is 4.52. The smallest absolute Gasteiger partial charge is 0.244 e. The molecule has 0 bridgehead atoms. The lowest BCUT2D eigenvalue weighted by Crippen LogP contribution is -2.22. The van der Waals surface area contributed by atoms with E-state index in [1.807, 2.05) is 49.3 Å². The first-order valence-electron chi connectivity index (χ1n) is 9.86. The number of benzene rings is 1. The lowest BCUT2D eigenvalue weighted by Gasteiger charge is -2.19. The third-order valence-electron chi connectivity index (χ3n) is 5.39. The van der Waals surface area contributed by atoms with E-state index >= 15 is 0 Å². The number of fused-ring (bicyclic) bond motifs is 1. The van der Waals surface area contributed by atoms with Gasteiger partial charge in [-0.05, 0) is 43.7 Å². The third-order valence-corrected chi connectivity index (χ3v) is 5.39. The standard InChI is InChI=1S/C22H23N5O2/c1-26(2)20-10-9-16(13-23-20)21-24-22(29-25-21)18-7-5-11-27(18)14-17-12-15-6-3-4-8-19(15)28-17/h3-4,6,8-10,12-13,18H,5,7,11,14H2,1-2H3/t18-/m0/s1. The highest BCUT2D eigenvalue weighted by molar-refractivity contribution is 5.77. The van der Waals surface area contributed by atoms with Crippen molar-refractivity contribution in [1.82, 2.24) is 20.0 Å². The van der Waals surface area contributed by atoms with Crippen LogP contribution in [0.4, 0.5) is 5.82 Å². The van der Waals surface area contributed by atoms with Gasteiger partial charge in [-0.3, -0.25) is 4.90 Å². The predicted molar refractivity (Wildman–Crippen MR) is 110 cm³/mol. The number of nitrogens with zero attached hydrogens (tertiary/aromatic N) is 5. The lowest BCUT2D eigenvalue weighted by atomic mass is 10.2. The highest BCUT2D eigenvalue weighted by Gasteiger charge is 2.31. The van der Waals surface area contributed by atoms with Gasteiger partial charge in [-0.2, -0.15) is 4.98 Å². The van der Waals surface area contributed by atoms with E-state index in [-0.39, 0.29) is 6.04 Å². The summed E-state index contributed by atoms with van der Waals surface area (Å²) in [6.07, 6.45) is 3.88. The van der Waals surface area contributed by atoms with Crippen LogP contribution >= 0.6 is 0 Å². The summed E-state index contributed by atoms with van der Waals surface area (Å²) in [5.41, 5.74) is 1.78. The number of pyridine rings is 1. The number of hydrogen-bond donors (Lipinski definition) is 0. The van der Waals surface area contributed by atoms with Crippen molar-refractivity contribution in [3.05, 3.63) is 60.3 Å². The first-order chi connectivity index (χ1) is 14.2. The van der Waals surface area contributed by atoms with Crippen LogP contribution in [0.1, 0.15) is 30.5 Å². The van der Waals surface area contributed by atoms with Gasteiger partial charge in [-0.1, -0.05) is 23.4 Å². The number of furan rings is 1. The Balaban J connectivity index is 1.34. The molecule has 0 amide bonds. The molecule has 5 rings (SSSR count). The molecule has 7 heteroatoms. The van der Waals surface area contributed by atoms with Crippen molar-refractivity contribution in [3.63, 3.8) is 0 Å². The zero-order valence-corrected chi connectivity index (χ0v) is 16.6. The normalized spacial score (nSPS) is 17.2. The molecule has 1 fully saturated rings. The van der Waals surface area contributed by atoms with E-state index in [0.29, 0.717) is 11.7 Å². The second-order valence-electron chi connectivity index (χ2n) is 7.63. The summed E-state index contributed by atoms with van der Waals surface area (Å²) in [6.45, 7) is 1.72. The predicted octanol–water partition coefficient (Wildman–Crippen LogP) is 4.28. The van der Waals surface area contributed by atoms with Crippen molar-refractivity contribution in [1.29, 1.82) is 0 Å². The second-order valence-corrected chi connectivity index (χ2v) is 7.63. The van der Waals surface area contributed by atoms with Crippen LogP contribution in [0.25, 0.3) is 22.4 Å². The van der Waals surface area contributed by atoms with E-state index in [1.54, 1.807) is 6.20 Å². The van der Waals surface area contributed by atoms with Gasteiger partial charge in [0.1, 0.15) is 17.2 Å². The van der Waals surface area contributed by atoms with Crippen molar-refractivity contribution >= 4 is 16.8 Å². The van der Waals surface area contributed by atoms with Crippen molar-refractivity contribution in [2.45, 2.75) is 25.4 Å². The van der Waals surface area contributed by atoms with E-state index in [1.165, 1.54) is 0 Å². The molecule has 4 heterocycles. The molecular formula is C22H23N5O2. The molecule has 0 N–H and O–H groups in total. The van der Waals surface area contributed by atoms with Gasteiger partial charge < -0.3 is 13.8 Å². The molecule has 3 aromatic heterocycles. The van der Waals surface area contributed by atoms with Gasteiger partial charge in [0.25, 0.3) is 0 Å². The van der Waals surface area contributed by atoms with Gasteiger partial charge in [0.15, 0.2) is 0 Å². The number of para-hydroxylation sites is 1. The Labute approximate surface area is 168 Å². The molecular weight excluding hydrogens is 366 g/mol. The first-order valence-corrected chi connectivity index (χ1v) is 9.86. The van der Waals surface area contributed by atoms with E-state index < -0.39 is 0 Å². The largest absolute Gasteiger partial charge is 0.460 e. The van der Waals surface area contributed by atoms with Crippen LogP contribution in [-0.2, 0) is 6.54 Å². The van der Waals surface area contributed by atoms with E-state index in [0.717, 1.165) is 54.0 Å².